The van der Waals surface area contributed by atoms with E-state index in [0.717, 1.165) is 51.5 Å². The van der Waals surface area contributed by atoms with Gasteiger partial charge in [-0.2, -0.15) is 0 Å². The minimum absolute atomic E-state index is 0.00610. The Labute approximate surface area is 200 Å². The zero-order chi connectivity index (χ0) is 24.4. The second kappa shape index (κ2) is 9.67. The van der Waals surface area contributed by atoms with E-state index in [0.29, 0.717) is 6.54 Å². The van der Waals surface area contributed by atoms with Crippen molar-refractivity contribution in [2.24, 2.45) is 0 Å². The van der Waals surface area contributed by atoms with Crippen LogP contribution in [0.15, 0.2) is 60.7 Å². The molecule has 1 N–H and O–H groups in total. The number of hydrogen-bond acceptors (Lipinski definition) is 4. The van der Waals surface area contributed by atoms with Gasteiger partial charge in [-0.25, -0.2) is 14.8 Å². The number of pyridine rings is 1. The van der Waals surface area contributed by atoms with Crippen molar-refractivity contribution in [3.05, 3.63) is 88.9 Å². The van der Waals surface area contributed by atoms with Crippen LogP contribution in [-0.2, 0) is 17.8 Å². The minimum Gasteiger partial charge on any atom is -0.479 e. The van der Waals surface area contributed by atoms with Crippen LogP contribution >= 0.6 is 0 Å². The Hall–Kier alpha value is -3.67. The zero-order valence-corrected chi connectivity index (χ0v) is 20.5. The first kappa shape index (κ1) is 23.5. The molecule has 0 aliphatic rings. The van der Waals surface area contributed by atoms with Crippen LogP contribution in [0.5, 0.6) is 0 Å². The van der Waals surface area contributed by atoms with Crippen LogP contribution in [0.3, 0.4) is 0 Å². The molecule has 0 aliphatic carbocycles. The number of carbonyl (C=O) groups is 1. The zero-order valence-electron chi connectivity index (χ0n) is 20.5. The monoisotopic (exact) mass is 456 g/mol. The van der Waals surface area contributed by atoms with E-state index in [2.05, 4.69) is 36.6 Å². The van der Waals surface area contributed by atoms with Crippen molar-refractivity contribution in [3.8, 4) is 0 Å². The van der Waals surface area contributed by atoms with Gasteiger partial charge in [-0.15, -0.1) is 0 Å². The Morgan fingerprint density at radius 2 is 1.71 bits per heavy atom. The van der Waals surface area contributed by atoms with Gasteiger partial charge in [-0.3, -0.25) is 0 Å². The molecule has 6 nitrogen and oxygen atoms in total. The molecule has 2 heterocycles. The number of anilines is 1. The third-order valence-corrected chi connectivity index (χ3v) is 6.18. The van der Waals surface area contributed by atoms with Gasteiger partial charge in [0.2, 0.25) is 0 Å². The minimum atomic E-state index is -0.863. The van der Waals surface area contributed by atoms with Gasteiger partial charge in [-0.05, 0) is 62.6 Å². The first-order valence-corrected chi connectivity index (χ1v) is 11.8. The molecule has 0 saturated heterocycles. The molecule has 4 aromatic rings. The molecule has 6 heteroatoms. The third-order valence-electron chi connectivity index (χ3n) is 6.18. The highest BCUT2D eigenvalue weighted by Crippen LogP contribution is 2.30. The molecule has 2 aromatic carbocycles. The number of fused-ring (bicyclic) bond motifs is 1. The summed E-state index contributed by atoms with van der Waals surface area (Å²) in [4.78, 5) is 23.9. The van der Waals surface area contributed by atoms with Crippen LogP contribution in [0.25, 0.3) is 11.2 Å². The third kappa shape index (κ3) is 4.53. The second-order valence-corrected chi connectivity index (χ2v) is 9.04. The molecule has 0 spiro atoms. The molecule has 2 aromatic heterocycles. The average Bonchev–Trinajstić information content (AvgIpc) is 3.16. The Morgan fingerprint density at radius 3 is 2.29 bits per heavy atom. The number of carboxylic acids is 1. The van der Waals surface area contributed by atoms with Gasteiger partial charge in [0.1, 0.15) is 11.3 Å². The molecular formula is C28H32N4O2. The summed E-state index contributed by atoms with van der Waals surface area (Å²) in [6, 6.07) is 18.9. The van der Waals surface area contributed by atoms with Crippen LogP contribution in [0.2, 0.25) is 0 Å². The second-order valence-electron chi connectivity index (χ2n) is 9.04. The summed E-state index contributed by atoms with van der Waals surface area (Å²) < 4.78 is 2.19. The topological polar surface area (TPSA) is 71.2 Å². The summed E-state index contributed by atoms with van der Waals surface area (Å²) in [6.45, 7) is 10.9. The molecule has 0 bridgehead atoms. The fraction of sp³-hybridized carbons (Fsp3) is 0.321. The quantitative estimate of drug-likeness (QED) is 0.368. The van der Waals surface area contributed by atoms with Crippen LogP contribution < -0.4 is 4.90 Å². The van der Waals surface area contributed by atoms with E-state index in [1.165, 1.54) is 0 Å². The van der Waals surface area contributed by atoms with Crippen LogP contribution in [0.1, 0.15) is 55.0 Å². The number of imidazole rings is 1. The molecule has 176 valence electrons. The highest BCUT2D eigenvalue weighted by atomic mass is 16.4. The van der Waals surface area contributed by atoms with Gasteiger partial charge >= 0.3 is 5.97 Å². The maximum Gasteiger partial charge on any atom is 0.331 e. The number of benzene rings is 2. The highest BCUT2D eigenvalue weighted by Gasteiger charge is 2.29. The van der Waals surface area contributed by atoms with E-state index in [1.807, 2.05) is 68.1 Å². The van der Waals surface area contributed by atoms with Crippen LogP contribution in [0, 0.1) is 13.8 Å². The van der Waals surface area contributed by atoms with Crippen molar-refractivity contribution >= 4 is 22.8 Å². The van der Waals surface area contributed by atoms with Gasteiger partial charge in [-0.1, -0.05) is 49.4 Å². The van der Waals surface area contributed by atoms with Crippen molar-refractivity contribution in [1.29, 1.82) is 0 Å². The molecule has 0 saturated carbocycles. The number of nitrogens with zero attached hydrogens (tertiary/aromatic N) is 4. The van der Waals surface area contributed by atoms with E-state index >= 15 is 0 Å². The molecule has 34 heavy (non-hydrogen) atoms. The van der Waals surface area contributed by atoms with E-state index in [1.54, 1.807) is 0 Å². The Kier molecular flexibility index (Phi) is 6.68. The summed E-state index contributed by atoms with van der Waals surface area (Å²) in [5.74, 6) is 0.150. The average molecular weight is 457 g/mol. The van der Waals surface area contributed by atoms with Crippen molar-refractivity contribution in [1.82, 2.24) is 14.5 Å². The standard InChI is InChI=1S/C28H32N4O2/c1-6-24-30-25-19(4)16-20(5)29-27(25)31(24)17-21-12-14-23(15-13-21)32(18(2)3)26(28(33)34)22-10-8-7-9-11-22/h7-16,18,26H,6,17H2,1-5H3,(H,33,34). The fourth-order valence-corrected chi connectivity index (χ4v) is 4.64. The van der Waals surface area contributed by atoms with Gasteiger partial charge in [0.05, 0.1) is 6.54 Å². The van der Waals surface area contributed by atoms with Crippen molar-refractivity contribution < 1.29 is 9.90 Å². The number of aliphatic carboxylic acids is 1. The predicted molar refractivity (Wildman–Crippen MR) is 136 cm³/mol. The lowest BCUT2D eigenvalue weighted by Crippen LogP contribution is -2.39. The van der Waals surface area contributed by atoms with Crippen molar-refractivity contribution in [3.63, 3.8) is 0 Å². The first-order chi connectivity index (χ1) is 16.3. The van der Waals surface area contributed by atoms with Gasteiger partial charge in [0.15, 0.2) is 11.7 Å². The Balaban J connectivity index is 1.68. The smallest absolute Gasteiger partial charge is 0.331 e. The van der Waals surface area contributed by atoms with Gasteiger partial charge < -0.3 is 14.6 Å². The van der Waals surface area contributed by atoms with Gasteiger partial charge in [0.25, 0.3) is 0 Å². The summed E-state index contributed by atoms with van der Waals surface area (Å²) in [5.41, 5.74) is 6.76. The van der Waals surface area contributed by atoms with E-state index in [-0.39, 0.29) is 6.04 Å². The molecule has 0 amide bonds. The van der Waals surface area contributed by atoms with Crippen LogP contribution in [0.4, 0.5) is 5.69 Å². The fourth-order valence-electron chi connectivity index (χ4n) is 4.64. The van der Waals surface area contributed by atoms with E-state index < -0.39 is 12.0 Å². The number of hydrogen-bond donors (Lipinski definition) is 1. The summed E-state index contributed by atoms with van der Waals surface area (Å²) in [7, 11) is 0. The van der Waals surface area contributed by atoms with E-state index in [9.17, 15) is 9.90 Å². The molecule has 0 fully saturated rings. The Bertz CT molecular complexity index is 1290. The molecule has 4 rings (SSSR count). The molecule has 1 atom stereocenters. The SMILES string of the molecule is CCc1nc2c(C)cc(C)nc2n1Cc1ccc(N(C(C)C)C(C(=O)O)c2ccccc2)cc1. The Morgan fingerprint density at radius 1 is 1.03 bits per heavy atom. The summed E-state index contributed by atoms with van der Waals surface area (Å²) in [5, 5.41) is 10.1. The molecule has 0 aliphatic heterocycles. The molecule has 1 unspecified atom stereocenters. The molecule has 0 radical (unpaired) electrons. The van der Waals surface area contributed by atoms with Crippen molar-refractivity contribution in [2.45, 2.75) is 59.7 Å². The lowest BCUT2D eigenvalue weighted by Gasteiger charge is -2.35. The normalized spacial score (nSPS) is 12.3. The lowest BCUT2D eigenvalue weighted by atomic mass is 10.0. The maximum absolute atomic E-state index is 12.3. The molecular weight excluding hydrogens is 424 g/mol. The summed E-state index contributed by atoms with van der Waals surface area (Å²) >= 11 is 0. The number of aryl methyl sites for hydroxylation is 3. The maximum atomic E-state index is 12.3. The lowest BCUT2D eigenvalue weighted by molar-refractivity contribution is -0.138. The highest BCUT2D eigenvalue weighted by molar-refractivity contribution is 5.80. The number of rotatable bonds is 8. The number of aromatic nitrogens is 3. The summed E-state index contributed by atoms with van der Waals surface area (Å²) in [6.07, 6.45) is 0.825. The van der Waals surface area contributed by atoms with Crippen LogP contribution in [-0.4, -0.2) is 31.7 Å². The largest absolute Gasteiger partial charge is 0.479 e. The van der Waals surface area contributed by atoms with Gasteiger partial charge in [0, 0.05) is 23.8 Å². The van der Waals surface area contributed by atoms with E-state index in [4.69, 9.17) is 9.97 Å². The number of carboxylic acid groups (broad SMARTS) is 1. The first-order valence-electron chi connectivity index (χ1n) is 11.8. The van der Waals surface area contributed by atoms with Crippen molar-refractivity contribution in [2.75, 3.05) is 4.90 Å². The predicted octanol–water partition coefficient (Wildman–Crippen LogP) is 5.70.